The molecule has 4 rings (SSSR count). The molecule has 194 valence electrons. The molecule has 2 atom stereocenters. The summed E-state index contributed by atoms with van der Waals surface area (Å²) < 4.78 is 28.5. The Balaban J connectivity index is 1.73. The number of carbonyl (C=O) groups excluding carboxylic acids is 2. The minimum atomic E-state index is -4.13. The lowest BCUT2D eigenvalue weighted by molar-refractivity contribution is -0.122. The maximum Gasteiger partial charge on any atom is 0.264 e. The summed E-state index contributed by atoms with van der Waals surface area (Å²) >= 11 is 18.3. The van der Waals surface area contributed by atoms with Crippen LogP contribution >= 0.6 is 34.8 Å². The highest BCUT2D eigenvalue weighted by Gasteiger charge is 2.35. The molecule has 2 heterocycles. The number of nitrogens with zero attached hydrogens (tertiary/aromatic N) is 2. The summed E-state index contributed by atoms with van der Waals surface area (Å²) in [5, 5.41) is 6.01. The van der Waals surface area contributed by atoms with Gasteiger partial charge in [-0.05, 0) is 43.3 Å². The molecule has 0 saturated carbocycles. The SMILES string of the molecule is CC(N)C(=O)NC1Cc2ncc(NC(=O)c3c(Cl)cccc3Cl)cc2N(S(=O)(=O)c2cccc(Cl)c2)C1. The molecule has 0 aliphatic carbocycles. The summed E-state index contributed by atoms with van der Waals surface area (Å²) in [5.74, 6) is -1.01. The number of fused-ring (bicyclic) bond motifs is 1. The summed E-state index contributed by atoms with van der Waals surface area (Å²) in [4.78, 5) is 29.5. The third kappa shape index (κ3) is 5.83. The van der Waals surface area contributed by atoms with Gasteiger partial charge in [0, 0.05) is 11.4 Å². The van der Waals surface area contributed by atoms with E-state index in [2.05, 4.69) is 15.6 Å². The van der Waals surface area contributed by atoms with Gasteiger partial charge < -0.3 is 16.4 Å². The fourth-order valence-corrected chi connectivity index (χ4v) is 6.24. The molecule has 0 fully saturated rings. The number of pyridine rings is 1. The van der Waals surface area contributed by atoms with E-state index < -0.39 is 33.9 Å². The van der Waals surface area contributed by atoms with Gasteiger partial charge in [-0.1, -0.05) is 46.9 Å². The molecule has 0 saturated heterocycles. The zero-order valence-corrected chi connectivity index (χ0v) is 22.5. The van der Waals surface area contributed by atoms with Crippen molar-refractivity contribution in [2.45, 2.75) is 30.3 Å². The number of hydrogen-bond acceptors (Lipinski definition) is 6. The first kappa shape index (κ1) is 27.2. The Morgan fingerprint density at radius 1 is 1.11 bits per heavy atom. The first-order chi connectivity index (χ1) is 17.5. The Labute approximate surface area is 229 Å². The minimum Gasteiger partial charge on any atom is -0.350 e. The van der Waals surface area contributed by atoms with Crippen LogP contribution in [0, 0.1) is 0 Å². The third-order valence-corrected chi connectivity index (χ3v) is 8.27. The minimum absolute atomic E-state index is 0.0394. The van der Waals surface area contributed by atoms with Crippen LogP contribution in [0.2, 0.25) is 15.1 Å². The van der Waals surface area contributed by atoms with E-state index in [4.69, 9.17) is 40.5 Å². The van der Waals surface area contributed by atoms with E-state index in [0.717, 1.165) is 4.31 Å². The van der Waals surface area contributed by atoms with Gasteiger partial charge in [0.25, 0.3) is 15.9 Å². The highest BCUT2D eigenvalue weighted by molar-refractivity contribution is 7.92. The molecule has 0 spiro atoms. The quantitative estimate of drug-likeness (QED) is 0.404. The predicted octanol–water partition coefficient (Wildman–Crippen LogP) is 3.88. The van der Waals surface area contributed by atoms with Gasteiger partial charge in [0.15, 0.2) is 0 Å². The maximum absolute atomic E-state index is 13.7. The van der Waals surface area contributed by atoms with Crippen molar-refractivity contribution < 1.29 is 18.0 Å². The first-order valence-corrected chi connectivity index (χ1v) is 13.6. The lowest BCUT2D eigenvalue weighted by Gasteiger charge is -2.35. The van der Waals surface area contributed by atoms with Crippen LogP contribution in [0.4, 0.5) is 11.4 Å². The second kappa shape index (κ2) is 10.8. The van der Waals surface area contributed by atoms with Crippen molar-refractivity contribution in [1.29, 1.82) is 0 Å². The fourth-order valence-electron chi connectivity index (χ4n) is 3.84. The van der Waals surface area contributed by atoms with Crippen LogP contribution in [0.25, 0.3) is 0 Å². The Morgan fingerprint density at radius 3 is 2.43 bits per heavy atom. The number of nitrogens with two attached hydrogens (primary N) is 1. The van der Waals surface area contributed by atoms with Crippen molar-refractivity contribution in [2.75, 3.05) is 16.2 Å². The number of anilines is 2. The van der Waals surface area contributed by atoms with E-state index in [-0.39, 0.29) is 49.9 Å². The Kier molecular flexibility index (Phi) is 7.96. The van der Waals surface area contributed by atoms with Crippen LogP contribution < -0.4 is 20.7 Å². The first-order valence-electron chi connectivity index (χ1n) is 11.1. The Bertz CT molecular complexity index is 1460. The van der Waals surface area contributed by atoms with Crippen LogP contribution in [-0.4, -0.2) is 43.8 Å². The molecule has 2 aromatic carbocycles. The van der Waals surface area contributed by atoms with Crippen LogP contribution in [-0.2, 0) is 21.2 Å². The number of benzene rings is 2. The van der Waals surface area contributed by atoms with E-state index >= 15 is 0 Å². The summed E-state index contributed by atoms with van der Waals surface area (Å²) in [6.07, 6.45) is 1.64. The molecule has 0 radical (unpaired) electrons. The third-order valence-electron chi connectivity index (χ3n) is 5.63. The molecule has 9 nitrogen and oxygen atoms in total. The highest BCUT2D eigenvalue weighted by atomic mass is 35.5. The van der Waals surface area contributed by atoms with E-state index in [9.17, 15) is 18.0 Å². The summed E-state index contributed by atoms with van der Waals surface area (Å²) in [5.41, 5.74) is 6.63. The van der Waals surface area contributed by atoms with Gasteiger partial charge in [-0.2, -0.15) is 0 Å². The van der Waals surface area contributed by atoms with E-state index in [0.29, 0.717) is 5.69 Å². The number of amides is 2. The van der Waals surface area contributed by atoms with E-state index in [1.54, 1.807) is 12.1 Å². The molecule has 37 heavy (non-hydrogen) atoms. The summed E-state index contributed by atoms with van der Waals surface area (Å²) in [6, 6.07) is 10.6. The van der Waals surface area contributed by atoms with Crippen molar-refractivity contribution in [1.82, 2.24) is 10.3 Å². The van der Waals surface area contributed by atoms with Gasteiger partial charge in [-0.25, -0.2) is 8.42 Å². The second-order valence-corrected chi connectivity index (χ2v) is 11.5. The predicted molar refractivity (Wildman–Crippen MR) is 144 cm³/mol. The number of sulfonamides is 1. The Hall–Kier alpha value is -2.89. The molecule has 13 heteroatoms. The van der Waals surface area contributed by atoms with Gasteiger partial charge >= 0.3 is 0 Å². The van der Waals surface area contributed by atoms with Crippen LogP contribution in [0.15, 0.2) is 59.6 Å². The largest absolute Gasteiger partial charge is 0.350 e. The molecule has 1 aliphatic heterocycles. The second-order valence-electron chi connectivity index (χ2n) is 8.43. The number of hydrogen-bond donors (Lipinski definition) is 3. The van der Waals surface area contributed by atoms with E-state index in [1.165, 1.54) is 49.5 Å². The zero-order valence-electron chi connectivity index (χ0n) is 19.4. The average Bonchev–Trinajstić information content (AvgIpc) is 2.83. The molecule has 0 bridgehead atoms. The molecule has 1 aliphatic rings. The van der Waals surface area contributed by atoms with Crippen LogP contribution in [0.1, 0.15) is 23.0 Å². The lowest BCUT2D eigenvalue weighted by Crippen LogP contribution is -2.53. The lowest BCUT2D eigenvalue weighted by atomic mass is 10.0. The normalized spacial score (nSPS) is 16.0. The van der Waals surface area contributed by atoms with E-state index in [1.807, 2.05) is 0 Å². The monoisotopic (exact) mass is 581 g/mol. The van der Waals surface area contributed by atoms with Crippen LogP contribution in [0.5, 0.6) is 0 Å². The molecule has 1 aromatic heterocycles. The molecule has 2 unspecified atom stereocenters. The molecule has 4 N–H and O–H groups in total. The van der Waals surface area contributed by atoms with Gasteiger partial charge in [0.1, 0.15) is 0 Å². The number of aromatic nitrogens is 1. The maximum atomic E-state index is 13.7. The van der Waals surface area contributed by atoms with Crippen LogP contribution in [0.3, 0.4) is 0 Å². The fraction of sp³-hybridized carbons (Fsp3) is 0.208. The van der Waals surface area contributed by atoms with Crippen molar-refractivity contribution in [3.63, 3.8) is 0 Å². The standard InChI is InChI=1S/C24H22Cl3N5O4S/c1-13(28)23(33)31-16-9-20-21(32(12-16)37(35,36)17-5-2-4-14(25)8-17)10-15(11-29-20)30-24(34)22-18(26)6-3-7-19(22)27/h2-8,10-11,13,16H,9,12,28H2,1H3,(H,30,34)(H,31,33). The highest BCUT2D eigenvalue weighted by Crippen LogP contribution is 2.34. The topological polar surface area (TPSA) is 134 Å². The molecular weight excluding hydrogens is 561 g/mol. The smallest absolute Gasteiger partial charge is 0.264 e. The number of carbonyl (C=O) groups is 2. The van der Waals surface area contributed by atoms with Crippen molar-refractivity contribution in [3.05, 3.63) is 81.1 Å². The Morgan fingerprint density at radius 2 is 1.78 bits per heavy atom. The van der Waals surface area contributed by atoms with Crippen molar-refractivity contribution in [2.24, 2.45) is 5.73 Å². The van der Waals surface area contributed by atoms with Gasteiger partial charge in [-0.15, -0.1) is 0 Å². The molecular formula is C24H22Cl3N5O4S. The van der Waals surface area contributed by atoms with Gasteiger partial charge in [0.05, 0.1) is 62.4 Å². The average molecular weight is 583 g/mol. The summed E-state index contributed by atoms with van der Waals surface area (Å²) in [7, 11) is -4.13. The van der Waals surface area contributed by atoms with Gasteiger partial charge in [-0.3, -0.25) is 18.9 Å². The zero-order chi connectivity index (χ0) is 26.9. The number of halogens is 3. The molecule has 2 amide bonds. The van der Waals surface area contributed by atoms with Crippen molar-refractivity contribution >= 4 is 68.0 Å². The number of rotatable bonds is 6. The number of nitrogens with one attached hydrogen (secondary N) is 2. The van der Waals surface area contributed by atoms with Gasteiger partial charge in [0.2, 0.25) is 5.91 Å². The molecule has 3 aromatic rings. The van der Waals surface area contributed by atoms with Crippen molar-refractivity contribution in [3.8, 4) is 0 Å². The summed E-state index contributed by atoms with van der Waals surface area (Å²) in [6.45, 7) is 1.45.